The molecular formula is C11H11N3O3. The summed E-state index contributed by atoms with van der Waals surface area (Å²) in [5.74, 6) is -0.0279. The van der Waals surface area contributed by atoms with Crippen molar-refractivity contribution in [1.82, 2.24) is 14.6 Å². The zero-order valence-electron chi connectivity index (χ0n) is 9.51. The molecule has 88 valence electrons. The molecule has 6 nitrogen and oxygen atoms in total. The number of hydrogen-bond donors (Lipinski definition) is 0. The highest BCUT2D eigenvalue weighted by Gasteiger charge is 2.19. The summed E-state index contributed by atoms with van der Waals surface area (Å²) < 4.78 is 11.4. The number of nitrogens with zero attached hydrogens (tertiary/aromatic N) is 3. The van der Waals surface area contributed by atoms with Crippen LogP contribution < -0.4 is 4.74 Å². The van der Waals surface area contributed by atoms with Crippen LogP contribution in [-0.2, 0) is 4.74 Å². The van der Waals surface area contributed by atoms with Crippen molar-refractivity contribution < 1.29 is 14.3 Å². The van der Waals surface area contributed by atoms with Crippen LogP contribution in [0.1, 0.15) is 16.1 Å². The van der Waals surface area contributed by atoms with Crippen LogP contribution >= 0.6 is 0 Å². The Morgan fingerprint density at radius 3 is 2.88 bits per heavy atom. The van der Waals surface area contributed by atoms with E-state index in [0.717, 1.165) is 0 Å². The monoisotopic (exact) mass is 233 g/mol. The van der Waals surface area contributed by atoms with Crippen LogP contribution in [0.3, 0.4) is 0 Å². The van der Waals surface area contributed by atoms with Gasteiger partial charge in [-0.2, -0.15) is 5.10 Å². The molecule has 2 aromatic heterocycles. The van der Waals surface area contributed by atoms with Gasteiger partial charge in [0.15, 0.2) is 5.75 Å². The topological polar surface area (TPSA) is 65.7 Å². The smallest absolute Gasteiger partial charge is 0.341 e. The molecule has 6 heteroatoms. The minimum Gasteiger partial charge on any atom is -0.492 e. The Labute approximate surface area is 97.5 Å². The average molecular weight is 233 g/mol. The third-order valence-electron chi connectivity index (χ3n) is 2.35. The minimum absolute atomic E-state index is 0.329. The molecular weight excluding hydrogens is 222 g/mol. The van der Waals surface area contributed by atoms with Gasteiger partial charge in [0, 0.05) is 0 Å². The summed E-state index contributed by atoms with van der Waals surface area (Å²) in [5.41, 5.74) is 1.39. The van der Waals surface area contributed by atoms with Gasteiger partial charge in [0.25, 0.3) is 0 Å². The maximum absolute atomic E-state index is 11.6. The highest BCUT2D eigenvalue weighted by molar-refractivity contribution is 5.99. The van der Waals surface area contributed by atoms with E-state index in [0.29, 0.717) is 22.5 Å². The second-order valence-electron chi connectivity index (χ2n) is 3.21. The summed E-state index contributed by atoms with van der Waals surface area (Å²) in [7, 11) is 2.81. The van der Waals surface area contributed by atoms with Gasteiger partial charge in [-0.25, -0.2) is 14.3 Å². The van der Waals surface area contributed by atoms with Crippen molar-refractivity contribution in [2.24, 2.45) is 0 Å². The van der Waals surface area contributed by atoms with E-state index < -0.39 is 5.97 Å². The highest BCUT2D eigenvalue weighted by Crippen LogP contribution is 2.26. The second-order valence-corrected chi connectivity index (χ2v) is 3.21. The number of fused-ring (bicyclic) bond motifs is 1. The number of rotatable bonds is 3. The Bertz CT molecular complexity index is 589. The molecule has 0 aliphatic heterocycles. The summed E-state index contributed by atoms with van der Waals surface area (Å²) in [6.45, 7) is 3.64. The molecule has 2 aromatic rings. The number of ether oxygens (including phenoxy) is 2. The van der Waals surface area contributed by atoms with E-state index in [1.807, 2.05) is 0 Å². The Morgan fingerprint density at radius 1 is 1.53 bits per heavy atom. The zero-order valence-corrected chi connectivity index (χ0v) is 9.51. The lowest BCUT2D eigenvalue weighted by atomic mass is 10.2. The van der Waals surface area contributed by atoms with E-state index in [4.69, 9.17) is 4.74 Å². The van der Waals surface area contributed by atoms with Gasteiger partial charge in [-0.15, -0.1) is 0 Å². The van der Waals surface area contributed by atoms with E-state index in [1.165, 1.54) is 31.3 Å². The Balaban J connectivity index is 2.80. The number of aromatic nitrogens is 3. The first-order valence-electron chi connectivity index (χ1n) is 4.84. The average Bonchev–Trinajstić information content (AvgIpc) is 2.80. The van der Waals surface area contributed by atoms with Crippen molar-refractivity contribution >= 4 is 17.6 Å². The largest absolute Gasteiger partial charge is 0.492 e. The molecule has 0 aromatic carbocycles. The summed E-state index contributed by atoms with van der Waals surface area (Å²) in [6.07, 6.45) is 4.45. The Kier molecular flexibility index (Phi) is 2.78. The number of methoxy groups -OCH3 is 2. The first kappa shape index (κ1) is 11.1. The molecule has 0 saturated heterocycles. The van der Waals surface area contributed by atoms with Gasteiger partial charge in [0.2, 0.25) is 0 Å². The van der Waals surface area contributed by atoms with Gasteiger partial charge < -0.3 is 9.47 Å². The zero-order chi connectivity index (χ0) is 12.4. The lowest BCUT2D eigenvalue weighted by Crippen LogP contribution is -2.03. The normalized spacial score (nSPS) is 10.2. The molecule has 17 heavy (non-hydrogen) atoms. The van der Waals surface area contributed by atoms with E-state index in [2.05, 4.69) is 21.4 Å². The van der Waals surface area contributed by atoms with Crippen molar-refractivity contribution in [2.45, 2.75) is 0 Å². The molecule has 0 amide bonds. The minimum atomic E-state index is -0.473. The van der Waals surface area contributed by atoms with Crippen molar-refractivity contribution in [3.05, 3.63) is 30.4 Å². The van der Waals surface area contributed by atoms with Gasteiger partial charge in [0.1, 0.15) is 23.1 Å². The molecule has 0 N–H and O–H groups in total. The molecule has 0 bridgehead atoms. The fourth-order valence-electron chi connectivity index (χ4n) is 1.58. The highest BCUT2D eigenvalue weighted by atomic mass is 16.5. The van der Waals surface area contributed by atoms with E-state index >= 15 is 0 Å². The van der Waals surface area contributed by atoms with Gasteiger partial charge >= 0.3 is 5.97 Å². The number of esters is 1. The number of carbonyl (C=O) groups is 1. The second kappa shape index (κ2) is 4.25. The summed E-state index contributed by atoms with van der Waals surface area (Å²) in [6, 6.07) is 0. The molecule has 2 heterocycles. The van der Waals surface area contributed by atoms with Crippen LogP contribution in [0, 0.1) is 0 Å². The molecule has 0 saturated carbocycles. The fourth-order valence-corrected chi connectivity index (χ4v) is 1.58. The van der Waals surface area contributed by atoms with Gasteiger partial charge in [-0.05, 0) is 6.08 Å². The van der Waals surface area contributed by atoms with E-state index in [-0.39, 0.29) is 0 Å². The predicted molar refractivity (Wildman–Crippen MR) is 61.0 cm³/mol. The Hall–Kier alpha value is -2.37. The molecule has 0 unspecified atom stereocenters. The van der Waals surface area contributed by atoms with Gasteiger partial charge in [-0.3, -0.25) is 0 Å². The molecule has 0 aliphatic carbocycles. The molecule has 0 fully saturated rings. The quantitative estimate of drug-likeness (QED) is 0.744. The predicted octanol–water partition coefficient (Wildman–Crippen LogP) is 1.17. The lowest BCUT2D eigenvalue weighted by molar-refractivity contribution is 0.0602. The van der Waals surface area contributed by atoms with Crippen molar-refractivity contribution in [2.75, 3.05) is 14.2 Å². The Morgan fingerprint density at radius 2 is 2.29 bits per heavy atom. The van der Waals surface area contributed by atoms with Crippen LogP contribution in [0.4, 0.5) is 0 Å². The van der Waals surface area contributed by atoms with Crippen LogP contribution in [0.5, 0.6) is 5.75 Å². The van der Waals surface area contributed by atoms with Crippen LogP contribution in [0.2, 0.25) is 0 Å². The van der Waals surface area contributed by atoms with Crippen LogP contribution in [0.25, 0.3) is 11.6 Å². The van der Waals surface area contributed by atoms with Gasteiger partial charge in [-0.1, -0.05) is 6.58 Å². The molecule has 0 radical (unpaired) electrons. The molecule has 0 atom stereocenters. The summed E-state index contributed by atoms with van der Waals surface area (Å²) in [4.78, 5) is 15.7. The van der Waals surface area contributed by atoms with Crippen LogP contribution in [0.15, 0.2) is 19.1 Å². The van der Waals surface area contributed by atoms with Crippen molar-refractivity contribution in [3.8, 4) is 5.75 Å². The van der Waals surface area contributed by atoms with Crippen molar-refractivity contribution in [3.63, 3.8) is 0 Å². The first-order chi connectivity index (χ1) is 8.22. The summed E-state index contributed by atoms with van der Waals surface area (Å²) in [5, 5.41) is 4.01. The summed E-state index contributed by atoms with van der Waals surface area (Å²) >= 11 is 0. The number of hydrogen-bond acceptors (Lipinski definition) is 5. The van der Waals surface area contributed by atoms with Gasteiger partial charge in [0.05, 0.1) is 20.4 Å². The molecule has 0 spiro atoms. The van der Waals surface area contributed by atoms with E-state index in [9.17, 15) is 4.79 Å². The lowest BCUT2D eigenvalue weighted by Gasteiger charge is -2.06. The maximum Gasteiger partial charge on any atom is 0.341 e. The standard InChI is InChI=1S/C11H11N3O3/c1-4-8-10(16-2)9-7(11(15)17-3)5-13-14(9)6-12-8/h4-6H,1H2,2-3H3. The third kappa shape index (κ3) is 1.63. The van der Waals surface area contributed by atoms with E-state index in [1.54, 1.807) is 6.08 Å². The molecule has 0 aliphatic rings. The third-order valence-corrected chi connectivity index (χ3v) is 2.35. The first-order valence-corrected chi connectivity index (χ1v) is 4.84. The van der Waals surface area contributed by atoms with Crippen molar-refractivity contribution in [1.29, 1.82) is 0 Å². The fraction of sp³-hybridized carbons (Fsp3) is 0.182. The molecule has 2 rings (SSSR count). The van der Waals surface area contributed by atoms with Crippen LogP contribution in [-0.4, -0.2) is 34.8 Å². The maximum atomic E-state index is 11.6. The SMILES string of the molecule is C=Cc1ncn2ncc(C(=O)OC)c2c1OC. The number of carbonyl (C=O) groups excluding carboxylic acids is 1.